The van der Waals surface area contributed by atoms with Gasteiger partial charge in [-0.25, -0.2) is 0 Å². The van der Waals surface area contributed by atoms with Gasteiger partial charge in [0.2, 0.25) is 11.8 Å². The fraction of sp³-hybridized carbons (Fsp3) is 0.619. The molecule has 1 atom stereocenters. The highest BCUT2D eigenvalue weighted by atomic mass is 16.5. The van der Waals surface area contributed by atoms with E-state index in [4.69, 9.17) is 9.47 Å². The third kappa shape index (κ3) is 5.37. The smallest absolute Gasteiger partial charge is 0.225 e. The first-order chi connectivity index (χ1) is 13.1. The van der Waals surface area contributed by atoms with Crippen LogP contribution in [0, 0.1) is 11.8 Å². The van der Waals surface area contributed by atoms with Crippen molar-refractivity contribution < 1.29 is 19.1 Å². The normalized spacial score (nSPS) is 19.5. The second-order valence-electron chi connectivity index (χ2n) is 7.56. The number of rotatable bonds is 8. The molecule has 3 rings (SSSR count). The van der Waals surface area contributed by atoms with Gasteiger partial charge in [-0.15, -0.1) is 0 Å². The van der Waals surface area contributed by atoms with Crippen molar-refractivity contribution in [3.63, 3.8) is 0 Å². The Kier molecular flexibility index (Phi) is 6.58. The van der Waals surface area contributed by atoms with Crippen molar-refractivity contribution >= 4 is 11.8 Å². The van der Waals surface area contributed by atoms with E-state index in [2.05, 4.69) is 5.32 Å². The van der Waals surface area contributed by atoms with E-state index in [-0.39, 0.29) is 11.8 Å². The number of ether oxygens (including phenoxy) is 2. The molecule has 0 unspecified atom stereocenters. The summed E-state index contributed by atoms with van der Waals surface area (Å²) in [4.78, 5) is 26.5. The highest BCUT2D eigenvalue weighted by Gasteiger charge is 2.35. The molecule has 6 heteroatoms. The summed E-state index contributed by atoms with van der Waals surface area (Å²) < 4.78 is 10.6. The van der Waals surface area contributed by atoms with E-state index in [0.29, 0.717) is 30.5 Å². The second kappa shape index (κ2) is 9.11. The Balaban J connectivity index is 1.42. The lowest BCUT2D eigenvalue weighted by Crippen LogP contribution is -2.41. The molecule has 1 aromatic carbocycles. The standard InChI is InChI=1S/C21H30N2O4/c1-26-18-9-8-17(19(12-18)27-2)13-22-20(24)10-5-15-4-3-11-23(14-15)21(25)16-6-7-16/h8-9,12,15-16H,3-7,10-11,13-14H2,1-2H3,(H,22,24)/t15-/m1/s1. The lowest BCUT2D eigenvalue weighted by Gasteiger charge is -2.33. The SMILES string of the molecule is COc1ccc(CNC(=O)CC[C@H]2CCCN(C(=O)C3CC3)C2)c(OC)c1. The number of nitrogens with zero attached hydrogens (tertiary/aromatic N) is 1. The average Bonchev–Trinajstić information content (AvgIpc) is 3.55. The molecule has 0 bridgehead atoms. The van der Waals surface area contributed by atoms with Crippen LogP contribution in [0.2, 0.25) is 0 Å². The van der Waals surface area contributed by atoms with Crippen LogP contribution in [0.25, 0.3) is 0 Å². The van der Waals surface area contributed by atoms with Crippen LogP contribution in [-0.4, -0.2) is 44.0 Å². The topological polar surface area (TPSA) is 67.9 Å². The number of nitrogens with one attached hydrogen (secondary N) is 1. The van der Waals surface area contributed by atoms with Crippen LogP contribution in [-0.2, 0) is 16.1 Å². The van der Waals surface area contributed by atoms with Crippen molar-refractivity contribution in [3.05, 3.63) is 23.8 Å². The maximum atomic E-state index is 12.3. The predicted molar refractivity (Wildman–Crippen MR) is 103 cm³/mol. The first-order valence-electron chi connectivity index (χ1n) is 9.87. The van der Waals surface area contributed by atoms with Gasteiger partial charge in [0.05, 0.1) is 14.2 Å². The Morgan fingerprint density at radius 1 is 1.19 bits per heavy atom. The molecule has 6 nitrogen and oxygen atoms in total. The third-order valence-corrected chi connectivity index (χ3v) is 5.51. The molecule has 1 aliphatic heterocycles. The average molecular weight is 374 g/mol. The van der Waals surface area contributed by atoms with Crippen LogP contribution in [0.4, 0.5) is 0 Å². The third-order valence-electron chi connectivity index (χ3n) is 5.51. The highest BCUT2D eigenvalue weighted by Crippen LogP contribution is 2.33. The van der Waals surface area contributed by atoms with Gasteiger partial charge in [0.1, 0.15) is 11.5 Å². The number of methoxy groups -OCH3 is 2. The van der Waals surface area contributed by atoms with Gasteiger partial charge in [0.15, 0.2) is 0 Å². The first kappa shape index (κ1) is 19.5. The van der Waals surface area contributed by atoms with Gasteiger partial charge in [-0.3, -0.25) is 9.59 Å². The molecule has 0 radical (unpaired) electrons. The molecule has 0 aromatic heterocycles. The van der Waals surface area contributed by atoms with E-state index in [1.54, 1.807) is 14.2 Å². The van der Waals surface area contributed by atoms with E-state index in [1.807, 2.05) is 23.1 Å². The van der Waals surface area contributed by atoms with Crippen LogP contribution < -0.4 is 14.8 Å². The quantitative estimate of drug-likeness (QED) is 0.760. The molecule has 2 fully saturated rings. The zero-order valence-corrected chi connectivity index (χ0v) is 16.3. The molecule has 27 heavy (non-hydrogen) atoms. The number of hydrogen-bond donors (Lipinski definition) is 1. The summed E-state index contributed by atoms with van der Waals surface area (Å²) >= 11 is 0. The molecule has 1 heterocycles. The summed E-state index contributed by atoms with van der Waals surface area (Å²) in [5.41, 5.74) is 0.922. The van der Waals surface area contributed by atoms with Crippen molar-refractivity contribution in [2.75, 3.05) is 27.3 Å². The Hall–Kier alpha value is -2.24. The van der Waals surface area contributed by atoms with Crippen LogP contribution >= 0.6 is 0 Å². The van der Waals surface area contributed by atoms with Crippen molar-refractivity contribution in [1.29, 1.82) is 0 Å². The molecule has 148 valence electrons. The van der Waals surface area contributed by atoms with Gasteiger partial charge < -0.3 is 19.7 Å². The van der Waals surface area contributed by atoms with Crippen LogP contribution in [0.3, 0.4) is 0 Å². The minimum Gasteiger partial charge on any atom is -0.497 e. The molecule has 1 saturated carbocycles. The fourth-order valence-electron chi connectivity index (χ4n) is 3.70. The summed E-state index contributed by atoms with van der Waals surface area (Å²) in [7, 11) is 3.22. The molecular formula is C21H30N2O4. The summed E-state index contributed by atoms with van der Waals surface area (Å²) in [5.74, 6) is 2.52. The Morgan fingerprint density at radius 3 is 2.70 bits per heavy atom. The van der Waals surface area contributed by atoms with Gasteiger partial charge >= 0.3 is 0 Å². The molecule has 2 amide bonds. The van der Waals surface area contributed by atoms with E-state index in [9.17, 15) is 9.59 Å². The zero-order chi connectivity index (χ0) is 19.2. The van der Waals surface area contributed by atoms with Gasteiger partial charge in [-0.05, 0) is 50.2 Å². The second-order valence-corrected chi connectivity index (χ2v) is 7.56. The van der Waals surface area contributed by atoms with Crippen molar-refractivity contribution in [1.82, 2.24) is 10.2 Å². The minimum atomic E-state index is 0.0403. The Labute approximate surface area is 161 Å². The lowest BCUT2D eigenvalue weighted by molar-refractivity contribution is -0.134. The molecule has 1 aromatic rings. The number of carbonyl (C=O) groups excluding carboxylic acids is 2. The van der Waals surface area contributed by atoms with E-state index < -0.39 is 0 Å². The lowest BCUT2D eigenvalue weighted by atomic mass is 9.93. The molecule has 0 spiro atoms. The minimum absolute atomic E-state index is 0.0403. The Morgan fingerprint density at radius 2 is 2.00 bits per heavy atom. The number of benzene rings is 1. The van der Waals surface area contributed by atoms with E-state index in [0.717, 1.165) is 56.5 Å². The number of hydrogen-bond acceptors (Lipinski definition) is 4. The van der Waals surface area contributed by atoms with Crippen LogP contribution in [0.1, 0.15) is 44.1 Å². The van der Waals surface area contributed by atoms with E-state index in [1.165, 1.54) is 0 Å². The number of amides is 2. The van der Waals surface area contributed by atoms with Crippen LogP contribution in [0.15, 0.2) is 18.2 Å². The molecule has 1 N–H and O–H groups in total. The zero-order valence-electron chi connectivity index (χ0n) is 16.3. The summed E-state index contributed by atoms with van der Waals surface area (Å²) in [6.45, 7) is 2.13. The van der Waals surface area contributed by atoms with E-state index >= 15 is 0 Å². The van der Waals surface area contributed by atoms with Crippen molar-refractivity contribution in [2.24, 2.45) is 11.8 Å². The fourth-order valence-corrected chi connectivity index (χ4v) is 3.70. The van der Waals surface area contributed by atoms with Gasteiger partial charge in [-0.1, -0.05) is 0 Å². The summed E-state index contributed by atoms with van der Waals surface area (Å²) in [6, 6.07) is 5.58. The maximum absolute atomic E-state index is 12.3. The monoisotopic (exact) mass is 374 g/mol. The predicted octanol–water partition coefficient (Wildman–Crippen LogP) is 2.75. The number of carbonyl (C=O) groups is 2. The number of likely N-dealkylation sites (tertiary alicyclic amines) is 1. The van der Waals surface area contributed by atoms with Gasteiger partial charge in [0, 0.05) is 43.6 Å². The number of piperidine rings is 1. The summed E-state index contributed by atoms with van der Waals surface area (Å²) in [6.07, 6.45) is 5.59. The first-order valence-corrected chi connectivity index (χ1v) is 9.87. The van der Waals surface area contributed by atoms with Crippen LogP contribution in [0.5, 0.6) is 11.5 Å². The highest BCUT2D eigenvalue weighted by molar-refractivity contribution is 5.81. The van der Waals surface area contributed by atoms with Crippen molar-refractivity contribution in [2.45, 2.75) is 45.1 Å². The molecule has 1 aliphatic carbocycles. The Bertz CT molecular complexity index is 672. The summed E-state index contributed by atoms with van der Waals surface area (Å²) in [5, 5.41) is 2.97. The largest absolute Gasteiger partial charge is 0.497 e. The molecular weight excluding hydrogens is 344 g/mol. The van der Waals surface area contributed by atoms with Gasteiger partial charge in [-0.2, -0.15) is 0 Å². The molecule has 1 saturated heterocycles. The maximum Gasteiger partial charge on any atom is 0.225 e. The van der Waals surface area contributed by atoms with Gasteiger partial charge in [0.25, 0.3) is 0 Å². The van der Waals surface area contributed by atoms with Crippen molar-refractivity contribution in [3.8, 4) is 11.5 Å². The molecule has 2 aliphatic rings.